The Hall–Kier alpha value is -1.36. The number of aromatic nitrogens is 2. The molecule has 124 valence electrons. The van der Waals surface area contributed by atoms with Crippen LogP contribution in [0.2, 0.25) is 0 Å². The van der Waals surface area contributed by atoms with Crippen molar-refractivity contribution in [1.29, 1.82) is 0 Å². The summed E-state index contributed by atoms with van der Waals surface area (Å²) < 4.78 is 1.99. The average molecular weight is 306 g/mol. The van der Waals surface area contributed by atoms with Crippen LogP contribution in [0, 0.1) is 5.92 Å². The zero-order valence-corrected chi connectivity index (χ0v) is 14.4. The molecule has 1 amide bonds. The second kappa shape index (κ2) is 7.77. The van der Waals surface area contributed by atoms with E-state index in [0.29, 0.717) is 24.5 Å². The Morgan fingerprint density at radius 1 is 1.41 bits per heavy atom. The molecule has 0 saturated heterocycles. The summed E-state index contributed by atoms with van der Waals surface area (Å²) in [5.41, 5.74) is 0. The second-order valence-electron chi connectivity index (χ2n) is 6.70. The molecule has 22 heavy (non-hydrogen) atoms. The normalized spacial score (nSPS) is 17.4. The van der Waals surface area contributed by atoms with Gasteiger partial charge >= 0.3 is 0 Å². The lowest BCUT2D eigenvalue weighted by molar-refractivity contribution is -0.118. The smallest absolute Gasteiger partial charge is 0.239 e. The van der Waals surface area contributed by atoms with Crippen molar-refractivity contribution in [2.24, 2.45) is 5.92 Å². The maximum atomic E-state index is 12.4. The van der Waals surface area contributed by atoms with E-state index in [1.807, 2.05) is 10.7 Å². The Bertz CT molecular complexity index is 477. The number of hydrogen-bond donors (Lipinski definition) is 1. The Labute approximate surface area is 134 Å². The third-order valence-corrected chi connectivity index (χ3v) is 4.90. The molecule has 5 heteroatoms. The summed E-state index contributed by atoms with van der Waals surface area (Å²) in [4.78, 5) is 14.6. The van der Waals surface area contributed by atoms with Gasteiger partial charge in [0.25, 0.3) is 0 Å². The monoisotopic (exact) mass is 306 g/mol. The Balaban J connectivity index is 1.95. The van der Waals surface area contributed by atoms with Gasteiger partial charge < -0.3 is 5.32 Å². The van der Waals surface area contributed by atoms with Crippen LogP contribution in [0.5, 0.6) is 0 Å². The topological polar surface area (TPSA) is 50.2 Å². The predicted octanol–water partition coefficient (Wildman–Crippen LogP) is 3.30. The highest BCUT2D eigenvalue weighted by atomic mass is 16.2. The van der Waals surface area contributed by atoms with Crippen LogP contribution >= 0.6 is 0 Å². The van der Waals surface area contributed by atoms with E-state index in [1.165, 1.54) is 12.8 Å². The molecule has 1 aliphatic rings. The molecule has 1 saturated carbocycles. The van der Waals surface area contributed by atoms with Gasteiger partial charge in [0.1, 0.15) is 5.82 Å². The fraction of sp³-hybridized carbons (Fsp3) is 0.765. The van der Waals surface area contributed by atoms with Crippen LogP contribution in [-0.2, 0) is 4.79 Å². The molecule has 1 unspecified atom stereocenters. The quantitative estimate of drug-likeness (QED) is 0.841. The van der Waals surface area contributed by atoms with Gasteiger partial charge in [-0.2, -0.15) is 5.10 Å². The number of amides is 1. The van der Waals surface area contributed by atoms with Crippen molar-refractivity contribution in [3.63, 3.8) is 0 Å². The van der Waals surface area contributed by atoms with E-state index < -0.39 is 0 Å². The largest absolute Gasteiger partial charge is 0.310 e. The SMILES string of the molecule is CCN(CC(=O)Nc1ccnn1C1CCCC1)C(C)C(C)C. The number of carbonyl (C=O) groups excluding carboxylic acids is 1. The summed E-state index contributed by atoms with van der Waals surface area (Å²) in [6.45, 7) is 10.0. The molecule has 0 radical (unpaired) electrons. The summed E-state index contributed by atoms with van der Waals surface area (Å²) in [5.74, 6) is 1.43. The molecular formula is C17H30N4O. The van der Waals surface area contributed by atoms with Crippen molar-refractivity contribution in [3.05, 3.63) is 12.3 Å². The van der Waals surface area contributed by atoms with Crippen LogP contribution in [0.15, 0.2) is 12.3 Å². The zero-order chi connectivity index (χ0) is 16.1. The Morgan fingerprint density at radius 3 is 2.68 bits per heavy atom. The number of anilines is 1. The van der Waals surface area contributed by atoms with Crippen molar-refractivity contribution in [1.82, 2.24) is 14.7 Å². The molecule has 1 aromatic heterocycles. The van der Waals surface area contributed by atoms with Crippen molar-refractivity contribution >= 4 is 11.7 Å². The van der Waals surface area contributed by atoms with Gasteiger partial charge in [0.15, 0.2) is 0 Å². The van der Waals surface area contributed by atoms with Crippen LogP contribution in [0.1, 0.15) is 59.4 Å². The summed E-state index contributed by atoms with van der Waals surface area (Å²) in [7, 11) is 0. The van der Waals surface area contributed by atoms with Gasteiger partial charge in [-0.15, -0.1) is 0 Å². The molecule has 0 aliphatic heterocycles. The average Bonchev–Trinajstić information content (AvgIpc) is 3.14. The maximum absolute atomic E-state index is 12.4. The maximum Gasteiger partial charge on any atom is 0.239 e. The summed E-state index contributed by atoms with van der Waals surface area (Å²) >= 11 is 0. The van der Waals surface area contributed by atoms with Crippen LogP contribution in [0.4, 0.5) is 5.82 Å². The lowest BCUT2D eigenvalue weighted by atomic mass is 10.0. The number of nitrogens with one attached hydrogen (secondary N) is 1. The van der Waals surface area contributed by atoms with E-state index in [0.717, 1.165) is 25.2 Å². The summed E-state index contributed by atoms with van der Waals surface area (Å²) in [6.07, 6.45) is 6.62. The number of hydrogen-bond acceptors (Lipinski definition) is 3. The second-order valence-corrected chi connectivity index (χ2v) is 6.70. The molecule has 1 atom stereocenters. The van der Waals surface area contributed by atoms with E-state index in [9.17, 15) is 4.79 Å². The lowest BCUT2D eigenvalue weighted by Gasteiger charge is -2.30. The molecule has 1 fully saturated rings. The van der Waals surface area contributed by atoms with Crippen molar-refractivity contribution in [2.45, 2.75) is 65.5 Å². The number of likely N-dealkylation sites (N-methyl/N-ethyl adjacent to an activating group) is 1. The molecule has 1 heterocycles. The molecule has 1 aromatic rings. The van der Waals surface area contributed by atoms with Crippen LogP contribution in [0.3, 0.4) is 0 Å². The molecule has 1 N–H and O–H groups in total. The first-order valence-corrected chi connectivity index (χ1v) is 8.60. The van der Waals surface area contributed by atoms with Crippen LogP contribution in [-0.4, -0.2) is 39.7 Å². The molecule has 0 bridgehead atoms. The summed E-state index contributed by atoms with van der Waals surface area (Å²) in [6, 6.07) is 2.75. The standard InChI is InChI=1S/C17H30N4O/c1-5-20(14(4)13(2)3)12-17(22)19-16-10-11-18-21(16)15-8-6-7-9-15/h10-11,13-15H,5-9,12H2,1-4H3,(H,19,22). The highest BCUT2D eigenvalue weighted by Crippen LogP contribution is 2.31. The van der Waals surface area contributed by atoms with Crippen LogP contribution < -0.4 is 5.32 Å². The molecule has 0 spiro atoms. The number of carbonyl (C=O) groups is 1. The first kappa shape index (κ1) is 17.0. The van der Waals surface area contributed by atoms with Crippen molar-refractivity contribution < 1.29 is 4.79 Å². The van der Waals surface area contributed by atoms with Crippen LogP contribution in [0.25, 0.3) is 0 Å². The highest BCUT2D eigenvalue weighted by molar-refractivity contribution is 5.91. The molecule has 0 aromatic carbocycles. The van der Waals surface area contributed by atoms with Crippen molar-refractivity contribution in [2.75, 3.05) is 18.4 Å². The van der Waals surface area contributed by atoms with E-state index in [1.54, 1.807) is 6.20 Å². The first-order chi connectivity index (χ1) is 10.5. The van der Waals surface area contributed by atoms with E-state index >= 15 is 0 Å². The van der Waals surface area contributed by atoms with Gasteiger partial charge in [-0.25, -0.2) is 4.68 Å². The minimum Gasteiger partial charge on any atom is -0.310 e. The van der Waals surface area contributed by atoms with Gasteiger partial charge in [0, 0.05) is 12.1 Å². The third kappa shape index (κ3) is 4.09. The fourth-order valence-electron chi connectivity index (χ4n) is 3.19. The van der Waals surface area contributed by atoms with Gasteiger partial charge in [-0.1, -0.05) is 33.6 Å². The van der Waals surface area contributed by atoms with Crippen molar-refractivity contribution in [3.8, 4) is 0 Å². The van der Waals surface area contributed by atoms with Gasteiger partial charge in [-0.3, -0.25) is 9.69 Å². The van der Waals surface area contributed by atoms with Gasteiger partial charge in [0.05, 0.1) is 18.8 Å². The van der Waals surface area contributed by atoms with E-state index in [4.69, 9.17) is 0 Å². The Kier molecular flexibility index (Phi) is 6.00. The first-order valence-electron chi connectivity index (χ1n) is 8.60. The highest BCUT2D eigenvalue weighted by Gasteiger charge is 2.22. The Morgan fingerprint density at radius 2 is 2.09 bits per heavy atom. The fourth-order valence-corrected chi connectivity index (χ4v) is 3.19. The van der Waals surface area contributed by atoms with Gasteiger partial charge in [-0.05, 0) is 32.2 Å². The molecule has 5 nitrogen and oxygen atoms in total. The third-order valence-electron chi connectivity index (χ3n) is 4.90. The number of rotatable bonds is 7. The summed E-state index contributed by atoms with van der Waals surface area (Å²) in [5, 5.41) is 7.45. The predicted molar refractivity (Wildman–Crippen MR) is 89.9 cm³/mol. The zero-order valence-electron chi connectivity index (χ0n) is 14.4. The molecule has 1 aliphatic carbocycles. The number of nitrogens with zero attached hydrogens (tertiary/aromatic N) is 3. The van der Waals surface area contributed by atoms with E-state index in [-0.39, 0.29) is 5.91 Å². The van der Waals surface area contributed by atoms with Gasteiger partial charge in [0.2, 0.25) is 5.91 Å². The molecular weight excluding hydrogens is 276 g/mol. The lowest BCUT2D eigenvalue weighted by Crippen LogP contribution is -2.42. The minimum absolute atomic E-state index is 0.0501. The molecule has 2 rings (SSSR count). The van der Waals surface area contributed by atoms with E-state index in [2.05, 4.69) is 43.0 Å². The minimum atomic E-state index is 0.0501.